The van der Waals surface area contributed by atoms with Crippen molar-refractivity contribution >= 4 is 67.9 Å². The molecule has 0 spiro atoms. The molecule has 0 saturated carbocycles. The van der Waals surface area contributed by atoms with Crippen LogP contribution in [0.15, 0.2) is 0 Å². The fourth-order valence-electron chi connectivity index (χ4n) is 1.42. The first-order valence-corrected chi connectivity index (χ1v) is 22.8. The Bertz CT molecular complexity index is 139. The monoisotopic (exact) mass is 802 g/mol. The molecule has 5 heteroatoms. The second-order valence-corrected chi connectivity index (χ2v) is 40.5. The van der Waals surface area contributed by atoms with Crippen LogP contribution < -0.4 is 1.20 Å². The van der Waals surface area contributed by atoms with Gasteiger partial charge in [-0.3, -0.25) is 0 Å². The fourth-order valence-corrected chi connectivity index (χ4v) is 59.9. The molecule has 0 atom stereocenters. The normalized spacial score (nSPS) is 12.0. The molecule has 92 valence electrons. The molecule has 0 aliphatic heterocycles. The van der Waals surface area contributed by atoms with Crippen LogP contribution in [0.3, 0.4) is 0 Å². The van der Waals surface area contributed by atoms with Gasteiger partial charge in [0.05, 0.1) is 0 Å². The number of hydrogen-bond donors (Lipinski definition) is 1. The SMILES string of the molecule is CC[N]([BiH][NH][Bi]([CH2]C)[CH2]C)[Bi]([CH2]C)[CH2]C. The van der Waals surface area contributed by atoms with Gasteiger partial charge in [-0.2, -0.15) is 0 Å². The van der Waals surface area contributed by atoms with E-state index in [0.717, 1.165) is 0 Å². The molecule has 0 heterocycles. The van der Waals surface area contributed by atoms with Crippen molar-refractivity contribution in [2.45, 2.75) is 51.1 Å². The van der Waals surface area contributed by atoms with Gasteiger partial charge >= 0.3 is 128 Å². The molecule has 0 amide bonds. The van der Waals surface area contributed by atoms with Gasteiger partial charge < -0.3 is 0 Å². The van der Waals surface area contributed by atoms with Crippen LogP contribution in [0, 0.1) is 0 Å². The van der Waals surface area contributed by atoms with Crippen LogP contribution in [0.25, 0.3) is 0 Å². The molecule has 0 unspecified atom stereocenters. The third-order valence-electron chi connectivity index (χ3n) is 2.47. The molecule has 0 aromatic rings. The molecule has 15 heavy (non-hydrogen) atoms. The van der Waals surface area contributed by atoms with Crippen molar-refractivity contribution < 1.29 is 0 Å². The maximum atomic E-state index is 4.09. The molecule has 0 radical (unpaired) electrons. The summed E-state index contributed by atoms with van der Waals surface area (Å²) < 4.78 is 13.2. The average Bonchev–Trinajstić information content (AvgIpc) is 2.29. The van der Waals surface area contributed by atoms with E-state index in [-0.39, 0.29) is 0 Å². The van der Waals surface area contributed by atoms with Crippen LogP contribution in [-0.4, -0.2) is 75.2 Å². The van der Waals surface area contributed by atoms with Crippen LogP contribution >= 0.6 is 0 Å². The second kappa shape index (κ2) is 11.6. The van der Waals surface area contributed by atoms with Crippen LogP contribution in [0.5, 0.6) is 0 Å². The van der Waals surface area contributed by atoms with E-state index >= 15 is 0 Å². The summed E-state index contributed by atoms with van der Waals surface area (Å²) in [5.74, 6) is 0. The van der Waals surface area contributed by atoms with E-state index < -0.39 is 67.9 Å². The zero-order chi connectivity index (χ0) is 11.7. The van der Waals surface area contributed by atoms with Gasteiger partial charge in [0, 0.05) is 0 Å². The Balaban J connectivity index is 3.97. The summed E-state index contributed by atoms with van der Waals surface area (Å²) in [4.78, 5) is 0. The Hall–Kier alpha value is 2.57. The summed E-state index contributed by atoms with van der Waals surface area (Å²) in [6.07, 6.45) is 0. The predicted molar refractivity (Wildman–Crippen MR) is 76.1 cm³/mol. The van der Waals surface area contributed by atoms with E-state index in [1.54, 1.807) is 0 Å². The van der Waals surface area contributed by atoms with Gasteiger partial charge in [0.1, 0.15) is 0 Å². The molecule has 0 aliphatic rings. The Morgan fingerprint density at radius 1 is 0.933 bits per heavy atom. The molecule has 0 rings (SSSR count). The molecule has 0 aromatic heterocycles. The Kier molecular flexibility index (Phi) is 13.6. The maximum absolute atomic E-state index is 4.09. The average molecular weight is 802 g/mol. The summed E-state index contributed by atoms with van der Waals surface area (Å²) in [6, 6.07) is 0. The van der Waals surface area contributed by atoms with Gasteiger partial charge in [-0.15, -0.1) is 0 Å². The summed E-state index contributed by atoms with van der Waals surface area (Å²) in [7, 11) is 0. The molecule has 2 nitrogen and oxygen atoms in total. The van der Waals surface area contributed by atoms with E-state index in [4.69, 9.17) is 0 Å². The van der Waals surface area contributed by atoms with Crippen LogP contribution in [0.4, 0.5) is 0 Å². The third kappa shape index (κ3) is 7.56. The number of nitrogens with zero attached hydrogens (tertiary/aromatic N) is 1. The Morgan fingerprint density at radius 3 is 1.80 bits per heavy atom. The standard InChI is InChI=1S/C2H5N.4C2H5.3Bi.HN.H/c1-2-3;4*1-2;;;;;/h2H2,1H3;4*1H2,2H3;;;;1H;. The first kappa shape index (κ1) is 17.6. The zero-order valence-corrected chi connectivity index (χ0v) is 21.7. The molecule has 0 aromatic carbocycles. The zero-order valence-electron chi connectivity index (χ0n) is 10.9. The summed E-state index contributed by atoms with van der Waals surface area (Å²) in [6.45, 7) is 13.4. The van der Waals surface area contributed by atoms with Crippen LogP contribution in [0.1, 0.15) is 34.6 Å². The third-order valence-corrected chi connectivity index (χ3v) is 48.9. The van der Waals surface area contributed by atoms with Gasteiger partial charge in [-0.25, -0.2) is 0 Å². The fraction of sp³-hybridized carbons (Fsp3) is 1.00. The summed E-state index contributed by atoms with van der Waals surface area (Å²) in [5, 5.41) is 0. The molecule has 1 N–H and O–H groups in total. The van der Waals surface area contributed by atoms with Gasteiger partial charge in [-0.1, -0.05) is 0 Å². The minimum absolute atomic E-state index is 0.562. The Morgan fingerprint density at radius 2 is 1.47 bits per heavy atom. The van der Waals surface area contributed by atoms with E-state index in [2.05, 4.69) is 36.6 Å². The Labute approximate surface area is 125 Å². The number of hydrogen-bond acceptors (Lipinski definition) is 2. The second-order valence-electron chi connectivity index (χ2n) is 3.25. The topological polar surface area (TPSA) is 15.3 Å². The number of nitrogens with one attached hydrogen (secondary N) is 1. The van der Waals surface area contributed by atoms with E-state index in [9.17, 15) is 0 Å². The number of rotatable bonds is 9. The molecule has 0 bridgehead atoms. The molecular formula is C10H27Bi3N2. The van der Waals surface area contributed by atoms with Crippen molar-refractivity contribution in [3.8, 4) is 0 Å². The summed E-state index contributed by atoms with van der Waals surface area (Å²) >= 11 is -2.80. The molecule has 0 aliphatic carbocycles. The van der Waals surface area contributed by atoms with Crippen molar-refractivity contribution in [3.63, 3.8) is 0 Å². The van der Waals surface area contributed by atoms with E-state index in [1.807, 2.05) is 0 Å². The van der Waals surface area contributed by atoms with Crippen molar-refractivity contribution in [1.29, 1.82) is 0 Å². The van der Waals surface area contributed by atoms with Gasteiger partial charge in [0.25, 0.3) is 0 Å². The minimum atomic E-state index is -1.13. The molecular weight excluding hydrogens is 775 g/mol. The van der Waals surface area contributed by atoms with Crippen LogP contribution in [-0.2, 0) is 0 Å². The van der Waals surface area contributed by atoms with Crippen LogP contribution in [0.2, 0.25) is 16.5 Å². The quantitative estimate of drug-likeness (QED) is 0.361. The molecule has 0 fully saturated rings. The summed E-state index contributed by atoms with van der Waals surface area (Å²) in [5.41, 5.74) is 0. The van der Waals surface area contributed by atoms with Gasteiger partial charge in [-0.05, 0) is 0 Å². The van der Waals surface area contributed by atoms with Crippen molar-refractivity contribution in [3.05, 3.63) is 0 Å². The molecule has 0 saturated heterocycles. The van der Waals surface area contributed by atoms with E-state index in [1.165, 1.54) is 23.1 Å². The first-order valence-electron chi connectivity index (χ1n) is 6.01. The van der Waals surface area contributed by atoms with Gasteiger partial charge in [0.15, 0.2) is 0 Å². The van der Waals surface area contributed by atoms with Crippen molar-refractivity contribution in [2.24, 2.45) is 0 Å². The van der Waals surface area contributed by atoms with Crippen molar-refractivity contribution in [2.75, 3.05) is 6.54 Å². The van der Waals surface area contributed by atoms with Crippen molar-refractivity contribution in [1.82, 2.24) is 1.99 Å². The van der Waals surface area contributed by atoms with E-state index in [0.29, 0.717) is 0 Å². The predicted octanol–water partition coefficient (Wildman–Crippen LogP) is 2.23. The van der Waals surface area contributed by atoms with Gasteiger partial charge in [0.2, 0.25) is 0 Å². The first-order chi connectivity index (χ1) is 7.23.